The summed E-state index contributed by atoms with van der Waals surface area (Å²) in [6.45, 7) is 6.33. The van der Waals surface area contributed by atoms with E-state index in [0.717, 1.165) is 32.6 Å². The lowest BCUT2D eigenvalue weighted by atomic mass is 10.0. The van der Waals surface area contributed by atoms with Crippen LogP contribution in [-0.4, -0.2) is 31.1 Å². The van der Waals surface area contributed by atoms with Crippen LogP contribution in [0.2, 0.25) is 0 Å². The maximum absolute atomic E-state index is 13.2. The fraction of sp³-hybridized carbons (Fsp3) is 0.412. The van der Waals surface area contributed by atoms with E-state index < -0.39 is 0 Å². The van der Waals surface area contributed by atoms with E-state index in [1.54, 1.807) is 23.5 Å². The molecule has 1 aliphatic heterocycles. The second kappa shape index (κ2) is 6.69. The molecule has 1 atom stereocenters. The zero-order valence-electron chi connectivity index (χ0n) is 12.3. The molecule has 2 aromatic rings. The van der Waals surface area contributed by atoms with E-state index in [0.29, 0.717) is 0 Å². The van der Waals surface area contributed by atoms with Gasteiger partial charge in [-0.05, 0) is 54.6 Å². The lowest BCUT2D eigenvalue weighted by molar-refractivity contribution is 0.244. The standard InChI is InChI=1S/C17H21FN2S/c1-13-11-16(21-12-13)17(14-3-5-15(18)6-4-14)20-9-2-7-19-8-10-20/h3-6,11-12,17,19H,2,7-10H2,1H3. The van der Waals surface area contributed by atoms with Gasteiger partial charge >= 0.3 is 0 Å². The summed E-state index contributed by atoms with van der Waals surface area (Å²) in [4.78, 5) is 3.86. The van der Waals surface area contributed by atoms with Crippen molar-refractivity contribution in [3.8, 4) is 0 Å². The third-order valence-electron chi connectivity index (χ3n) is 3.95. The highest BCUT2D eigenvalue weighted by Gasteiger charge is 2.24. The topological polar surface area (TPSA) is 15.3 Å². The molecule has 4 heteroatoms. The molecule has 1 saturated heterocycles. The number of nitrogens with one attached hydrogen (secondary N) is 1. The van der Waals surface area contributed by atoms with E-state index in [1.807, 2.05) is 12.1 Å². The number of halogens is 1. The Bertz CT molecular complexity index is 571. The van der Waals surface area contributed by atoms with Gasteiger partial charge in [0.05, 0.1) is 6.04 Å². The summed E-state index contributed by atoms with van der Waals surface area (Å²) in [5, 5.41) is 5.65. The molecule has 21 heavy (non-hydrogen) atoms. The molecule has 1 aliphatic rings. The lowest BCUT2D eigenvalue weighted by Crippen LogP contribution is -2.32. The van der Waals surface area contributed by atoms with Crippen LogP contribution in [0.1, 0.15) is 28.5 Å². The van der Waals surface area contributed by atoms with Gasteiger partial charge in [0.2, 0.25) is 0 Å². The first-order chi connectivity index (χ1) is 10.2. The molecule has 0 amide bonds. The number of hydrogen-bond acceptors (Lipinski definition) is 3. The quantitative estimate of drug-likeness (QED) is 0.932. The zero-order chi connectivity index (χ0) is 14.7. The predicted molar refractivity (Wildman–Crippen MR) is 86.4 cm³/mol. The molecule has 112 valence electrons. The van der Waals surface area contributed by atoms with E-state index >= 15 is 0 Å². The van der Waals surface area contributed by atoms with Crippen molar-refractivity contribution in [2.45, 2.75) is 19.4 Å². The van der Waals surface area contributed by atoms with Crippen molar-refractivity contribution in [3.05, 3.63) is 57.5 Å². The molecule has 0 saturated carbocycles. The van der Waals surface area contributed by atoms with Crippen LogP contribution < -0.4 is 5.32 Å². The summed E-state index contributed by atoms with van der Waals surface area (Å²) >= 11 is 1.80. The van der Waals surface area contributed by atoms with Gasteiger partial charge < -0.3 is 5.32 Å². The highest BCUT2D eigenvalue weighted by Crippen LogP contribution is 2.33. The minimum absolute atomic E-state index is 0.169. The van der Waals surface area contributed by atoms with Crippen molar-refractivity contribution in [1.82, 2.24) is 10.2 Å². The molecular weight excluding hydrogens is 283 g/mol. The van der Waals surface area contributed by atoms with E-state index in [4.69, 9.17) is 0 Å². The molecule has 1 fully saturated rings. The van der Waals surface area contributed by atoms with Gasteiger partial charge in [0.15, 0.2) is 0 Å². The van der Waals surface area contributed by atoms with Gasteiger partial charge in [-0.15, -0.1) is 11.3 Å². The number of hydrogen-bond donors (Lipinski definition) is 1. The maximum Gasteiger partial charge on any atom is 0.123 e. The van der Waals surface area contributed by atoms with Gasteiger partial charge in [0.1, 0.15) is 5.82 Å². The first-order valence-corrected chi connectivity index (χ1v) is 8.37. The van der Waals surface area contributed by atoms with E-state index in [1.165, 1.54) is 16.0 Å². The summed E-state index contributed by atoms with van der Waals surface area (Å²) in [6, 6.07) is 9.49. The van der Waals surface area contributed by atoms with Gasteiger partial charge in [-0.25, -0.2) is 4.39 Å². The summed E-state index contributed by atoms with van der Waals surface area (Å²) in [5.74, 6) is -0.169. The molecule has 2 heterocycles. The third kappa shape index (κ3) is 3.51. The van der Waals surface area contributed by atoms with Crippen molar-refractivity contribution in [1.29, 1.82) is 0 Å². The van der Waals surface area contributed by atoms with Crippen molar-refractivity contribution in [2.75, 3.05) is 26.2 Å². The highest BCUT2D eigenvalue weighted by molar-refractivity contribution is 7.10. The summed E-state index contributed by atoms with van der Waals surface area (Å²) in [6.07, 6.45) is 1.15. The second-order valence-electron chi connectivity index (χ2n) is 5.62. The van der Waals surface area contributed by atoms with E-state index in [2.05, 4.69) is 28.6 Å². The number of rotatable bonds is 3. The van der Waals surface area contributed by atoms with Crippen molar-refractivity contribution >= 4 is 11.3 Å². The van der Waals surface area contributed by atoms with Gasteiger partial charge in [0.25, 0.3) is 0 Å². The molecular formula is C17H21FN2S. The van der Waals surface area contributed by atoms with Crippen LogP contribution in [0.4, 0.5) is 4.39 Å². The minimum Gasteiger partial charge on any atom is -0.315 e. The number of nitrogens with zero attached hydrogens (tertiary/aromatic N) is 1. The van der Waals surface area contributed by atoms with Crippen LogP contribution in [0.5, 0.6) is 0 Å². The number of aryl methyl sites for hydroxylation is 1. The second-order valence-corrected chi connectivity index (χ2v) is 6.56. The Morgan fingerprint density at radius 3 is 2.71 bits per heavy atom. The minimum atomic E-state index is -0.169. The SMILES string of the molecule is Cc1csc(C(c2ccc(F)cc2)N2CCCNCC2)c1. The van der Waals surface area contributed by atoms with Crippen LogP contribution in [0, 0.1) is 12.7 Å². The Hall–Kier alpha value is -1.23. The van der Waals surface area contributed by atoms with Crippen molar-refractivity contribution in [2.24, 2.45) is 0 Å². The van der Waals surface area contributed by atoms with Gasteiger partial charge in [-0.1, -0.05) is 12.1 Å². The summed E-state index contributed by atoms with van der Waals surface area (Å²) < 4.78 is 13.2. The lowest BCUT2D eigenvalue weighted by Gasteiger charge is -2.30. The van der Waals surface area contributed by atoms with Crippen LogP contribution in [0.3, 0.4) is 0 Å². The molecule has 1 unspecified atom stereocenters. The normalized spacial score (nSPS) is 18.4. The van der Waals surface area contributed by atoms with Crippen LogP contribution >= 0.6 is 11.3 Å². The molecule has 0 radical (unpaired) electrons. The first kappa shape index (κ1) is 14.7. The Morgan fingerprint density at radius 1 is 1.19 bits per heavy atom. The van der Waals surface area contributed by atoms with Crippen molar-refractivity contribution < 1.29 is 4.39 Å². The maximum atomic E-state index is 13.2. The monoisotopic (exact) mass is 304 g/mol. The Balaban J connectivity index is 1.95. The van der Waals surface area contributed by atoms with Gasteiger partial charge in [-0.2, -0.15) is 0 Å². The summed E-state index contributed by atoms with van der Waals surface area (Å²) in [5.41, 5.74) is 2.48. The number of thiophene rings is 1. The Labute approximate surface area is 129 Å². The molecule has 2 nitrogen and oxygen atoms in total. The molecule has 1 aromatic carbocycles. The predicted octanol–water partition coefficient (Wildman–Crippen LogP) is 3.58. The van der Waals surface area contributed by atoms with Gasteiger partial charge in [-0.3, -0.25) is 4.90 Å². The molecule has 1 N–H and O–H groups in total. The fourth-order valence-corrected chi connectivity index (χ4v) is 3.98. The van der Waals surface area contributed by atoms with Crippen molar-refractivity contribution in [3.63, 3.8) is 0 Å². The largest absolute Gasteiger partial charge is 0.315 e. The van der Waals surface area contributed by atoms with Crippen LogP contribution in [-0.2, 0) is 0 Å². The molecule has 0 bridgehead atoms. The first-order valence-electron chi connectivity index (χ1n) is 7.49. The smallest absolute Gasteiger partial charge is 0.123 e. The summed E-state index contributed by atoms with van der Waals surface area (Å²) in [7, 11) is 0. The zero-order valence-corrected chi connectivity index (χ0v) is 13.1. The molecule has 0 spiro atoms. The van der Waals surface area contributed by atoms with E-state index in [9.17, 15) is 4.39 Å². The van der Waals surface area contributed by atoms with E-state index in [-0.39, 0.29) is 11.9 Å². The molecule has 1 aromatic heterocycles. The fourth-order valence-electron chi connectivity index (χ4n) is 2.92. The highest BCUT2D eigenvalue weighted by atomic mass is 32.1. The van der Waals surface area contributed by atoms with Crippen LogP contribution in [0.15, 0.2) is 35.7 Å². The number of benzene rings is 1. The average molecular weight is 304 g/mol. The van der Waals surface area contributed by atoms with Gasteiger partial charge in [0, 0.05) is 24.5 Å². The Morgan fingerprint density at radius 2 is 2.00 bits per heavy atom. The van der Waals surface area contributed by atoms with Crippen LogP contribution in [0.25, 0.3) is 0 Å². The average Bonchev–Trinajstić information content (AvgIpc) is 2.74. The Kier molecular flexibility index (Phi) is 4.68. The third-order valence-corrected chi connectivity index (χ3v) is 5.05. The molecule has 3 rings (SSSR count). The molecule has 0 aliphatic carbocycles.